The number of nitrogens with one attached hydrogen (secondary N) is 1. The third kappa shape index (κ3) is 8.10. The van der Waals surface area contributed by atoms with Crippen LogP contribution in [0.25, 0.3) is 6.08 Å². The summed E-state index contributed by atoms with van der Waals surface area (Å²) in [4.78, 5) is 38.4. The van der Waals surface area contributed by atoms with Crippen molar-refractivity contribution in [2.75, 3.05) is 6.54 Å². The third-order valence-corrected chi connectivity index (χ3v) is 5.49. The van der Waals surface area contributed by atoms with Crippen molar-refractivity contribution in [2.45, 2.75) is 52.5 Å². The molecule has 0 aliphatic carbocycles. The lowest BCUT2D eigenvalue weighted by Gasteiger charge is -2.30. The van der Waals surface area contributed by atoms with Gasteiger partial charge in [0.1, 0.15) is 18.1 Å². The summed E-state index contributed by atoms with van der Waals surface area (Å²) in [6, 6.07) is 12.8. The number of carbonyl (C=O) groups excluding carboxylic acids is 2. The van der Waals surface area contributed by atoms with Crippen molar-refractivity contribution in [2.24, 2.45) is 5.73 Å². The van der Waals surface area contributed by atoms with Gasteiger partial charge in [-0.25, -0.2) is 4.79 Å². The van der Waals surface area contributed by atoms with Crippen LogP contribution in [0.5, 0.6) is 5.75 Å². The third-order valence-electron chi connectivity index (χ3n) is 5.49. The first kappa shape index (κ1) is 27.3. The van der Waals surface area contributed by atoms with Crippen molar-refractivity contribution in [3.63, 3.8) is 0 Å². The number of nitrogen functional groups attached to an aromatic ring is 1. The van der Waals surface area contributed by atoms with Gasteiger partial charge in [-0.2, -0.15) is 0 Å². The fourth-order valence-electron chi connectivity index (χ4n) is 3.76. The Bertz CT molecular complexity index is 1070. The average molecular weight is 480 g/mol. The zero-order valence-corrected chi connectivity index (χ0v) is 20.4. The molecule has 0 aliphatic heterocycles. The first-order valence-electron chi connectivity index (χ1n) is 11.6. The maximum Gasteiger partial charge on any atom is 0.343 e. The van der Waals surface area contributed by atoms with Gasteiger partial charge in [-0.1, -0.05) is 38.8 Å². The molecule has 0 bridgehead atoms. The molecule has 35 heavy (non-hydrogen) atoms. The molecule has 0 saturated heterocycles. The molecule has 4 N–H and O–H groups in total. The van der Waals surface area contributed by atoms with Gasteiger partial charge in [0.05, 0.1) is 5.56 Å². The summed E-state index contributed by atoms with van der Waals surface area (Å²) in [5, 5.41) is 16.7. The van der Waals surface area contributed by atoms with Crippen LogP contribution in [0.15, 0.2) is 54.1 Å². The highest BCUT2D eigenvalue weighted by molar-refractivity contribution is 5.99. The molecule has 0 heterocycles. The molecule has 0 aliphatic rings. The highest BCUT2D eigenvalue weighted by Gasteiger charge is 2.25. The number of nitrogens with two attached hydrogens (primary N) is 1. The minimum Gasteiger partial charge on any atom is -0.480 e. The Kier molecular flexibility index (Phi) is 10.2. The molecule has 0 atom stereocenters. The SMILES string of the molecule is CCCC(CCC)N(CC(=O)O)C(=O)/C(C)=C/c1ccc(C(=O)Oc2ccc(C(=N)N)cc2)cc1. The van der Waals surface area contributed by atoms with Crippen molar-refractivity contribution in [1.29, 1.82) is 5.41 Å². The molecule has 8 nitrogen and oxygen atoms in total. The number of nitrogens with zero attached hydrogens (tertiary/aromatic N) is 1. The van der Waals surface area contributed by atoms with Crippen molar-refractivity contribution in [3.8, 4) is 5.75 Å². The van der Waals surface area contributed by atoms with Crippen LogP contribution in [0.3, 0.4) is 0 Å². The molecule has 0 spiro atoms. The number of rotatable bonds is 12. The Morgan fingerprint density at radius 1 is 1.00 bits per heavy atom. The van der Waals surface area contributed by atoms with Gasteiger partial charge in [0.2, 0.25) is 5.91 Å². The van der Waals surface area contributed by atoms with Crippen LogP contribution in [0.4, 0.5) is 0 Å². The first-order chi connectivity index (χ1) is 16.7. The van der Waals surface area contributed by atoms with E-state index < -0.39 is 11.9 Å². The zero-order chi connectivity index (χ0) is 26.0. The summed E-state index contributed by atoms with van der Waals surface area (Å²) >= 11 is 0. The topological polar surface area (TPSA) is 134 Å². The van der Waals surface area contributed by atoms with E-state index in [1.165, 1.54) is 4.90 Å². The average Bonchev–Trinajstić information content (AvgIpc) is 2.82. The number of carbonyl (C=O) groups is 3. The molecule has 0 saturated carbocycles. The Morgan fingerprint density at radius 3 is 2.03 bits per heavy atom. The molecule has 0 radical (unpaired) electrons. The maximum atomic E-state index is 13.1. The number of ether oxygens (including phenoxy) is 1. The number of carboxylic acids is 1. The largest absolute Gasteiger partial charge is 0.480 e. The Labute approximate surface area is 205 Å². The van der Waals surface area contributed by atoms with Crippen LogP contribution in [-0.2, 0) is 9.59 Å². The van der Waals surface area contributed by atoms with Gasteiger partial charge in [0.15, 0.2) is 0 Å². The number of esters is 1. The second-order valence-electron chi connectivity index (χ2n) is 8.33. The lowest BCUT2D eigenvalue weighted by Crippen LogP contribution is -2.43. The van der Waals surface area contributed by atoms with Crippen molar-refractivity contribution in [3.05, 3.63) is 70.8 Å². The molecular weight excluding hydrogens is 446 g/mol. The van der Waals surface area contributed by atoms with E-state index in [1.54, 1.807) is 61.5 Å². The van der Waals surface area contributed by atoms with Crippen molar-refractivity contribution < 1.29 is 24.2 Å². The van der Waals surface area contributed by atoms with Gasteiger partial charge in [0, 0.05) is 17.2 Å². The van der Waals surface area contributed by atoms with Gasteiger partial charge in [-0.15, -0.1) is 0 Å². The van der Waals surface area contributed by atoms with Gasteiger partial charge in [0.25, 0.3) is 0 Å². The summed E-state index contributed by atoms with van der Waals surface area (Å²) in [6.07, 6.45) is 4.88. The summed E-state index contributed by atoms with van der Waals surface area (Å²) in [7, 11) is 0. The Balaban J connectivity index is 2.14. The van der Waals surface area contributed by atoms with Crippen LogP contribution >= 0.6 is 0 Å². The number of hydrogen-bond donors (Lipinski definition) is 3. The fourth-order valence-corrected chi connectivity index (χ4v) is 3.76. The molecule has 2 aromatic rings. The maximum absolute atomic E-state index is 13.1. The monoisotopic (exact) mass is 479 g/mol. The van der Waals surface area contributed by atoms with Gasteiger partial charge < -0.3 is 20.5 Å². The van der Waals surface area contributed by atoms with E-state index in [0.717, 1.165) is 25.7 Å². The minimum atomic E-state index is -1.04. The number of carboxylic acid groups (broad SMARTS) is 1. The summed E-state index contributed by atoms with van der Waals surface area (Å²) in [5.74, 6) is -1.63. The van der Waals surface area contributed by atoms with Crippen LogP contribution in [0.2, 0.25) is 0 Å². The number of hydrogen-bond acceptors (Lipinski definition) is 5. The molecule has 0 unspecified atom stereocenters. The molecule has 186 valence electrons. The number of aliphatic carboxylic acids is 1. The smallest absolute Gasteiger partial charge is 0.343 e. The molecule has 2 rings (SSSR count). The molecule has 8 heteroatoms. The van der Waals surface area contributed by atoms with Crippen LogP contribution in [-0.4, -0.2) is 46.3 Å². The molecule has 1 amide bonds. The fraction of sp³-hybridized carbons (Fsp3) is 0.333. The number of amidine groups is 1. The number of amides is 1. The van der Waals surface area contributed by atoms with E-state index in [0.29, 0.717) is 28.0 Å². The van der Waals surface area contributed by atoms with E-state index in [9.17, 15) is 19.5 Å². The molecule has 0 aromatic heterocycles. The Hall–Kier alpha value is -3.94. The van der Waals surface area contributed by atoms with Gasteiger partial charge >= 0.3 is 11.9 Å². The standard InChI is InChI=1S/C27H33N3O5/c1-4-6-22(7-5-2)30(17-24(31)32)26(33)18(3)16-19-8-10-21(11-9-19)27(34)35-23-14-12-20(13-15-23)25(28)29/h8-16,22H,4-7,17H2,1-3H3,(H3,28,29)(H,31,32)/b18-16+. The quantitative estimate of drug-likeness (QED) is 0.135. The van der Waals surface area contributed by atoms with Crippen LogP contribution < -0.4 is 10.5 Å². The van der Waals surface area contributed by atoms with E-state index in [1.807, 2.05) is 13.8 Å². The second kappa shape index (κ2) is 13.1. The van der Waals surface area contributed by atoms with Crippen LogP contribution in [0.1, 0.15) is 67.9 Å². The van der Waals surface area contributed by atoms with Gasteiger partial charge in [-0.3, -0.25) is 15.0 Å². The predicted octanol–water partition coefficient (Wildman–Crippen LogP) is 4.48. The molecule has 2 aromatic carbocycles. The second-order valence-corrected chi connectivity index (χ2v) is 8.33. The number of benzene rings is 2. The van der Waals surface area contributed by atoms with Crippen molar-refractivity contribution >= 4 is 29.8 Å². The summed E-state index contributed by atoms with van der Waals surface area (Å²) < 4.78 is 5.35. The van der Waals surface area contributed by atoms with Crippen LogP contribution in [0, 0.1) is 5.41 Å². The van der Waals surface area contributed by atoms with E-state index >= 15 is 0 Å². The van der Waals surface area contributed by atoms with Gasteiger partial charge in [-0.05, 0) is 67.8 Å². The van der Waals surface area contributed by atoms with Crippen molar-refractivity contribution in [1.82, 2.24) is 4.90 Å². The molecular formula is C27H33N3O5. The molecule has 0 fully saturated rings. The van der Waals surface area contributed by atoms with E-state index in [2.05, 4.69) is 0 Å². The Morgan fingerprint density at radius 2 is 1.54 bits per heavy atom. The predicted molar refractivity (Wildman–Crippen MR) is 135 cm³/mol. The minimum absolute atomic E-state index is 0.0716. The highest BCUT2D eigenvalue weighted by Crippen LogP contribution is 2.19. The lowest BCUT2D eigenvalue weighted by atomic mass is 10.0. The lowest BCUT2D eigenvalue weighted by molar-refractivity contribution is -0.144. The first-order valence-corrected chi connectivity index (χ1v) is 11.6. The normalized spacial score (nSPS) is 11.3. The summed E-state index contributed by atoms with van der Waals surface area (Å²) in [6.45, 7) is 5.36. The zero-order valence-electron chi connectivity index (χ0n) is 20.4. The summed E-state index contributed by atoms with van der Waals surface area (Å²) in [5.41, 5.74) is 7.41. The highest BCUT2D eigenvalue weighted by atomic mass is 16.5. The van der Waals surface area contributed by atoms with E-state index in [-0.39, 0.29) is 24.3 Å². The van der Waals surface area contributed by atoms with E-state index in [4.69, 9.17) is 15.9 Å².